The second-order valence-corrected chi connectivity index (χ2v) is 5.33. The molecule has 0 aliphatic heterocycles. The molecule has 110 valence electrons. The maximum absolute atomic E-state index is 12.4. The minimum atomic E-state index is -0.0768. The molecule has 0 atom stereocenters. The van der Waals surface area contributed by atoms with Crippen LogP contribution in [0.3, 0.4) is 0 Å². The largest absolute Gasteiger partial charge is 0.496 e. The molecule has 0 saturated heterocycles. The third-order valence-corrected chi connectivity index (χ3v) is 3.90. The number of methoxy groups -OCH3 is 2. The molecule has 0 aromatic heterocycles. The molecule has 1 amide bonds. The van der Waals surface area contributed by atoms with Crippen LogP contribution in [0.25, 0.3) is 0 Å². The van der Waals surface area contributed by atoms with Crippen molar-refractivity contribution in [1.29, 1.82) is 0 Å². The lowest BCUT2D eigenvalue weighted by atomic mass is 9.95. The number of amides is 1. The average Bonchev–Trinajstić information content (AvgIpc) is 2.47. The lowest BCUT2D eigenvalue weighted by Crippen LogP contribution is -2.36. The number of carbonyl (C=O) groups is 1. The molecular weight excluding hydrogens is 254 g/mol. The molecular formula is C16H23NO3. The van der Waals surface area contributed by atoms with Gasteiger partial charge in [0, 0.05) is 6.04 Å². The molecule has 1 aromatic rings. The summed E-state index contributed by atoms with van der Waals surface area (Å²) in [6.07, 6.45) is 5.79. The summed E-state index contributed by atoms with van der Waals surface area (Å²) in [6.45, 7) is 1.93. The van der Waals surface area contributed by atoms with Crippen LogP contribution in [0.4, 0.5) is 0 Å². The third kappa shape index (κ3) is 3.24. The van der Waals surface area contributed by atoms with E-state index in [0.717, 1.165) is 18.4 Å². The van der Waals surface area contributed by atoms with E-state index in [1.807, 2.05) is 13.0 Å². The topological polar surface area (TPSA) is 47.6 Å². The summed E-state index contributed by atoms with van der Waals surface area (Å²) >= 11 is 0. The van der Waals surface area contributed by atoms with E-state index in [2.05, 4.69) is 5.32 Å². The molecule has 0 unspecified atom stereocenters. The predicted molar refractivity (Wildman–Crippen MR) is 78.6 cm³/mol. The molecule has 0 heterocycles. The van der Waals surface area contributed by atoms with Crippen molar-refractivity contribution in [1.82, 2.24) is 5.32 Å². The molecule has 0 spiro atoms. The molecule has 1 aliphatic carbocycles. The maximum Gasteiger partial charge on any atom is 0.255 e. The molecule has 0 radical (unpaired) electrons. The van der Waals surface area contributed by atoms with Crippen LogP contribution in [0.15, 0.2) is 12.1 Å². The Morgan fingerprint density at radius 2 is 1.75 bits per heavy atom. The van der Waals surface area contributed by atoms with Crippen molar-refractivity contribution in [3.05, 3.63) is 23.3 Å². The second-order valence-electron chi connectivity index (χ2n) is 5.33. The van der Waals surface area contributed by atoms with E-state index in [1.165, 1.54) is 19.3 Å². The van der Waals surface area contributed by atoms with Crippen molar-refractivity contribution in [2.45, 2.75) is 45.1 Å². The minimum absolute atomic E-state index is 0.0768. The van der Waals surface area contributed by atoms with Gasteiger partial charge in [-0.05, 0) is 37.5 Å². The average molecular weight is 277 g/mol. The van der Waals surface area contributed by atoms with Crippen molar-refractivity contribution in [2.75, 3.05) is 14.2 Å². The van der Waals surface area contributed by atoms with Gasteiger partial charge in [0.05, 0.1) is 19.8 Å². The molecule has 1 N–H and O–H groups in total. The Morgan fingerprint density at radius 3 is 2.35 bits per heavy atom. The first-order valence-electron chi connectivity index (χ1n) is 7.19. The van der Waals surface area contributed by atoms with E-state index in [-0.39, 0.29) is 11.9 Å². The number of benzene rings is 1. The van der Waals surface area contributed by atoms with Gasteiger partial charge in [0.2, 0.25) is 0 Å². The van der Waals surface area contributed by atoms with Crippen molar-refractivity contribution >= 4 is 5.91 Å². The van der Waals surface area contributed by atoms with Crippen LogP contribution < -0.4 is 14.8 Å². The first-order chi connectivity index (χ1) is 9.65. The summed E-state index contributed by atoms with van der Waals surface area (Å²) in [7, 11) is 3.19. The van der Waals surface area contributed by atoms with E-state index in [1.54, 1.807) is 20.3 Å². The zero-order chi connectivity index (χ0) is 14.5. The number of aryl methyl sites for hydroxylation is 1. The summed E-state index contributed by atoms with van der Waals surface area (Å²) in [5.74, 6) is 1.23. The van der Waals surface area contributed by atoms with E-state index in [0.29, 0.717) is 17.1 Å². The molecule has 4 nitrogen and oxygen atoms in total. The highest BCUT2D eigenvalue weighted by Crippen LogP contribution is 2.28. The van der Waals surface area contributed by atoms with Crippen LogP contribution in [-0.4, -0.2) is 26.2 Å². The highest BCUT2D eigenvalue weighted by atomic mass is 16.5. The Bertz CT molecular complexity index is 479. The standard InChI is InChI=1S/C16H23NO3/c1-11-9-15(20-3)13(10-14(11)19-2)16(18)17-12-7-5-4-6-8-12/h9-10,12H,4-8H2,1-3H3,(H,17,18). The van der Waals surface area contributed by atoms with E-state index < -0.39 is 0 Å². The molecule has 1 saturated carbocycles. The molecule has 4 heteroatoms. The van der Waals surface area contributed by atoms with Crippen molar-refractivity contribution in [3.8, 4) is 11.5 Å². The van der Waals surface area contributed by atoms with Crippen molar-refractivity contribution < 1.29 is 14.3 Å². The maximum atomic E-state index is 12.4. The number of carbonyl (C=O) groups excluding carboxylic acids is 1. The Kier molecular flexibility index (Phi) is 4.88. The van der Waals surface area contributed by atoms with E-state index >= 15 is 0 Å². The predicted octanol–water partition coefficient (Wildman–Crippen LogP) is 3.07. The molecule has 0 bridgehead atoms. The van der Waals surface area contributed by atoms with Crippen LogP contribution in [0.2, 0.25) is 0 Å². The monoisotopic (exact) mass is 277 g/mol. The zero-order valence-corrected chi connectivity index (χ0v) is 12.5. The Morgan fingerprint density at radius 1 is 1.10 bits per heavy atom. The summed E-state index contributed by atoms with van der Waals surface area (Å²) in [5.41, 5.74) is 1.50. The fourth-order valence-electron chi connectivity index (χ4n) is 2.74. The highest BCUT2D eigenvalue weighted by Gasteiger charge is 2.20. The SMILES string of the molecule is COc1cc(C(=O)NC2CCCCC2)c(OC)cc1C. The smallest absolute Gasteiger partial charge is 0.255 e. The number of hydrogen-bond donors (Lipinski definition) is 1. The molecule has 2 rings (SSSR count). The molecule has 1 aromatic carbocycles. The van der Waals surface area contributed by atoms with Crippen LogP contribution in [0.1, 0.15) is 48.0 Å². The van der Waals surface area contributed by atoms with Crippen molar-refractivity contribution in [3.63, 3.8) is 0 Å². The number of nitrogens with one attached hydrogen (secondary N) is 1. The summed E-state index contributed by atoms with van der Waals surface area (Å²) in [5, 5.41) is 3.11. The van der Waals surface area contributed by atoms with Gasteiger partial charge in [-0.25, -0.2) is 0 Å². The van der Waals surface area contributed by atoms with Crippen LogP contribution in [0, 0.1) is 6.92 Å². The van der Waals surface area contributed by atoms with Gasteiger partial charge in [-0.1, -0.05) is 19.3 Å². The highest BCUT2D eigenvalue weighted by molar-refractivity contribution is 5.97. The molecule has 1 fully saturated rings. The van der Waals surface area contributed by atoms with E-state index in [9.17, 15) is 4.79 Å². The number of hydrogen-bond acceptors (Lipinski definition) is 3. The minimum Gasteiger partial charge on any atom is -0.496 e. The first-order valence-corrected chi connectivity index (χ1v) is 7.19. The Labute approximate surface area is 120 Å². The van der Waals surface area contributed by atoms with Gasteiger partial charge >= 0.3 is 0 Å². The fraction of sp³-hybridized carbons (Fsp3) is 0.562. The Balaban J connectivity index is 2.19. The Hall–Kier alpha value is -1.71. The molecule has 1 aliphatic rings. The van der Waals surface area contributed by atoms with Crippen LogP contribution in [-0.2, 0) is 0 Å². The lowest BCUT2D eigenvalue weighted by Gasteiger charge is -2.23. The van der Waals surface area contributed by atoms with Gasteiger partial charge in [0.1, 0.15) is 11.5 Å². The second kappa shape index (κ2) is 6.64. The van der Waals surface area contributed by atoms with Crippen molar-refractivity contribution in [2.24, 2.45) is 0 Å². The van der Waals surface area contributed by atoms with Gasteiger partial charge in [0.15, 0.2) is 0 Å². The van der Waals surface area contributed by atoms with Gasteiger partial charge in [0.25, 0.3) is 5.91 Å². The van der Waals surface area contributed by atoms with Gasteiger partial charge in [-0.15, -0.1) is 0 Å². The summed E-state index contributed by atoms with van der Waals surface area (Å²) < 4.78 is 10.6. The summed E-state index contributed by atoms with van der Waals surface area (Å²) in [4.78, 5) is 12.4. The normalized spacial score (nSPS) is 15.8. The van der Waals surface area contributed by atoms with E-state index in [4.69, 9.17) is 9.47 Å². The summed E-state index contributed by atoms with van der Waals surface area (Å²) in [6, 6.07) is 3.88. The fourth-order valence-corrected chi connectivity index (χ4v) is 2.74. The quantitative estimate of drug-likeness (QED) is 0.920. The van der Waals surface area contributed by atoms with Crippen LogP contribution >= 0.6 is 0 Å². The van der Waals surface area contributed by atoms with Gasteiger partial charge < -0.3 is 14.8 Å². The number of rotatable bonds is 4. The van der Waals surface area contributed by atoms with Gasteiger partial charge in [-0.3, -0.25) is 4.79 Å². The molecule has 20 heavy (non-hydrogen) atoms. The third-order valence-electron chi connectivity index (χ3n) is 3.90. The van der Waals surface area contributed by atoms with Crippen LogP contribution in [0.5, 0.6) is 11.5 Å². The zero-order valence-electron chi connectivity index (χ0n) is 12.5. The van der Waals surface area contributed by atoms with Gasteiger partial charge in [-0.2, -0.15) is 0 Å². The first kappa shape index (κ1) is 14.7. The number of ether oxygens (including phenoxy) is 2. The lowest BCUT2D eigenvalue weighted by molar-refractivity contribution is 0.0924.